The van der Waals surface area contributed by atoms with Crippen LogP contribution in [-0.4, -0.2) is 50.0 Å². The van der Waals surface area contributed by atoms with E-state index in [1.54, 1.807) is 12.5 Å². The summed E-state index contributed by atoms with van der Waals surface area (Å²) < 4.78 is 1.95. The Labute approximate surface area is 170 Å². The highest BCUT2D eigenvalue weighted by atomic mass is 16.2. The Kier molecular flexibility index (Phi) is 5.69. The van der Waals surface area contributed by atoms with E-state index in [0.717, 1.165) is 55.4 Å². The molecular weight excluding hydrogens is 366 g/mol. The van der Waals surface area contributed by atoms with Crippen molar-refractivity contribution in [2.45, 2.75) is 26.2 Å². The van der Waals surface area contributed by atoms with Crippen LogP contribution in [0.3, 0.4) is 0 Å². The lowest BCUT2D eigenvalue weighted by Gasteiger charge is -2.15. The number of anilines is 3. The van der Waals surface area contributed by atoms with Crippen molar-refractivity contribution >= 4 is 23.4 Å². The Balaban J connectivity index is 1.33. The number of amides is 1. The molecule has 0 saturated carbocycles. The number of imidazole rings is 1. The predicted molar refractivity (Wildman–Crippen MR) is 113 cm³/mol. The third kappa shape index (κ3) is 4.90. The molecule has 1 aliphatic heterocycles. The number of likely N-dealkylation sites (tertiary alicyclic amines) is 1. The zero-order valence-electron chi connectivity index (χ0n) is 16.5. The Morgan fingerprint density at radius 1 is 1.17 bits per heavy atom. The fourth-order valence-corrected chi connectivity index (χ4v) is 3.40. The minimum atomic E-state index is 0.272. The van der Waals surface area contributed by atoms with Crippen LogP contribution in [0.15, 0.2) is 49.1 Å². The molecule has 1 fully saturated rings. The van der Waals surface area contributed by atoms with E-state index >= 15 is 0 Å². The highest BCUT2D eigenvalue weighted by molar-refractivity contribution is 5.78. The maximum absolute atomic E-state index is 11.7. The number of carbonyl (C=O) groups excluding carboxylic acids is 1. The minimum Gasteiger partial charge on any atom is -0.370 e. The number of hydrogen-bond acceptors (Lipinski definition) is 6. The number of carbonyl (C=O) groups is 1. The Hall–Kier alpha value is -3.42. The molecule has 1 amide bonds. The summed E-state index contributed by atoms with van der Waals surface area (Å²) in [5.74, 6) is 1.61. The van der Waals surface area contributed by atoms with Crippen molar-refractivity contribution in [3.63, 3.8) is 0 Å². The molecule has 1 aliphatic rings. The van der Waals surface area contributed by atoms with E-state index in [1.165, 1.54) is 0 Å². The van der Waals surface area contributed by atoms with Crippen LogP contribution in [0.1, 0.15) is 25.0 Å². The molecule has 0 aliphatic carbocycles. The van der Waals surface area contributed by atoms with Crippen molar-refractivity contribution in [1.82, 2.24) is 24.4 Å². The van der Waals surface area contributed by atoms with Crippen LogP contribution in [0.4, 0.5) is 17.5 Å². The monoisotopic (exact) mass is 391 g/mol. The topological polar surface area (TPSA) is 88.0 Å². The molecule has 3 aromatic rings. The van der Waals surface area contributed by atoms with Crippen LogP contribution in [-0.2, 0) is 4.79 Å². The van der Waals surface area contributed by atoms with Crippen LogP contribution in [0.25, 0.3) is 5.69 Å². The molecule has 8 heteroatoms. The van der Waals surface area contributed by atoms with Crippen LogP contribution in [0, 0.1) is 6.92 Å². The highest BCUT2D eigenvalue weighted by Crippen LogP contribution is 2.18. The quantitative estimate of drug-likeness (QED) is 0.574. The molecule has 4 rings (SSSR count). The molecule has 8 nitrogen and oxygen atoms in total. The second kappa shape index (κ2) is 8.72. The SMILES string of the molecule is Cc1cc(NCCCN2CCCC2=O)nc(Nc2ccc(-n3ccnc3)cc2)n1. The normalized spacial score (nSPS) is 13.7. The van der Waals surface area contributed by atoms with Gasteiger partial charge in [-0.2, -0.15) is 4.98 Å². The maximum atomic E-state index is 11.7. The van der Waals surface area contributed by atoms with E-state index in [0.29, 0.717) is 12.4 Å². The van der Waals surface area contributed by atoms with Gasteiger partial charge in [0, 0.05) is 61.6 Å². The number of hydrogen-bond donors (Lipinski definition) is 2. The maximum Gasteiger partial charge on any atom is 0.229 e. The summed E-state index contributed by atoms with van der Waals surface area (Å²) in [7, 11) is 0. The van der Waals surface area contributed by atoms with Crippen molar-refractivity contribution in [1.29, 1.82) is 0 Å². The van der Waals surface area contributed by atoms with Crippen molar-refractivity contribution in [3.05, 3.63) is 54.7 Å². The van der Waals surface area contributed by atoms with Gasteiger partial charge in [-0.25, -0.2) is 9.97 Å². The molecule has 0 unspecified atom stereocenters. The molecule has 0 bridgehead atoms. The Morgan fingerprint density at radius 3 is 2.76 bits per heavy atom. The number of nitrogens with zero attached hydrogens (tertiary/aromatic N) is 5. The third-order valence-electron chi connectivity index (χ3n) is 4.86. The first-order valence-electron chi connectivity index (χ1n) is 9.90. The van der Waals surface area contributed by atoms with Gasteiger partial charge in [0.2, 0.25) is 11.9 Å². The van der Waals surface area contributed by atoms with E-state index in [9.17, 15) is 4.79 Å². The van der Waals surface area contributed by atoms with Gasteiger partial charge in [-0.1, -0.05) is 0 Å². The van der Waals surface area contributed by atoms with Crippen LogP contribution in [0.5, 0.6) is 0 Å². The van der Waals surface area contributed by atoms with Crippen LogP contribution >= 0.6 is 0 Å². The van der Waals surface area contributed by atoms with E-state index in [1.807, 2.05) is 52.9 Å². The van der Waals surface area contributed by atoms with E-state index in [4.69, 9.17) is 0 Å². The van der Waals surface area contributed by atoms with Crippen molar-refractivity contribution in [3.8, 4) is 5.69 Å². The smallest absolute Gasteiger partial charge is 0.229 e. The lowest BCUT2D eigenvalue weighted by Crippen LogP contribution is -2.27. The lowest BCUT2D eigenvalue weighted by molar-refractivity contribution is -0.127. The first kappa shape index (κ1) is 18.9. The van der Waals surface area contributed by atoms with Crippen molar-refractivity contribution < 1.29 is 4.79 Å². The Morgan fingerprint density at radius 2 is 2.03 bits per heavy atom. The summed E-state index contributed by atoms with van der Waals surface area (Å²) in [4.78, 5) is 26.7. The van der Waals surface area contributed by atoms with E-state index < -0.39 is 0 Å². The van der Waals surface area contributed by atoms with E-state index in [2.05, 4.69) is 25.6 Å². The largest absolute Gasteiger partial charge is 0.370 e. The van der Waals surface area contributed by atoms with Gasteiger partial charge in [0.1, 0.15) is 5.82 Å². The van der Waals surface area contributed by atoms with Crippen LogP contribution in [0.2, 0.25) is 0 Å². The number of benzene rings is 1. The number of rotatable bonds is 8. The zero-order chi connectivity index (χ0) is 20.1. The molecule has 3 heterocycles. The minimum absolute atomic E-state index is 0.272. The molecule has 0 radical (unpaired) electrons. The molecule has 150 valence electrons. The highest BCUT2D eigenvalue weighted by Gasteiger charge is 2.18. The average molecular weight is 391 g/mol. The third-order valence-corrected chi connectivity index (χ3v) is 4.86. The average Bonchev–Trinajstić information content (AvgIpc) is 3.38. The van der Waals surface area contributed by atoms with Gasteiger partial charge >= 0.3 is 0 Å². The first-order chi connectivity index (χ1) is 14.2. The Bertz CT molecular complexity index is 954. The molecule has 1 aromatic carbocycles. The number of aromatic nitrogens is 4. The molecule has 29 heavy (non-hydrogen) atoms. The lowest BCUT2D eigenvalue weighted by atomic mass is 10.3. The summed E-state index contributed by atoms with van der Waals surface area (Å²) in [6.45, 7) is 4.39. The molecular formula is C21H25N7O. The number of nitrogens with one attached hydrogen (secondary N) is 2. The van der Waals surface area contributed by atoms with Gasteiger partial charge in [-0.15, -0.1) is 0 Å². The number of aryl methyl sites for hydroxylation is 1. The molecule has 0 spiro atoms. The molecule has 1 saturated heterocycles. The van der Waals surface area contributed by atoms with Crippen molar-refractivity contribution in [2.75, 3.05) is 30.3 Å². The fourth-order valence-electron chi connectivity index (χ4n) is 3.40. The summed E-state index contributed by atoms with van der Waals surface area (Å²) >= 11 is 0. The second-order valence-electron chi connectivity index (χ2n) is 7.12. The summed E-state index contributed by atoms with van der Waals surface area (Å²) in [6, 6.07) is 9.92. The summed E-state index contributed by atoms with van der Waals surface area (Å²) in [6.07, 6.45) is 8.00. The molecule has 2 aromatic heterocycles. The summed E-state index contributed by atoms with van der Waals surface area (Å²) in [5.41, 5.74) is 2.84. The molecule has 0 atom stereocenters. The van der Waals surface area contributed by atoms with Gasteiger partial charge in [0.05, 0.1) is 6.33 Å². The van der Waals surface area contributed by atoms with Gasteiger partial charge in [0.15, 0.2) is 0 Å². The zero-order valence-corrected chi connectivity index (χ0v) is 16.5. The van der Waals surface area contributed by atoms with Gasteiger partial charge in [0.25, 0.3) is 0 Å². The fraction of sp³-hybridized carbons (Fsp3) is 0.333. The summed E-state index contributed by atoms with van der Waals surface area (Å²) in [5, 5.41) is 6.60. The van der Waals surface area contributed by atoms with Gasteiger partial charge < -0.3 is 20.1 Å². The standard InChI is InChI=1S/C21H25N7O/c1-16-14-19(23-9-3-12-27-11-2-4-20(27)29)26-21(24-16)25-17-5-7-18(8-6-17)28-13-10-22-15-28/h5-8,10,13-15H,2-4,9,11-12H2,1H3,(H2,23,24,25,26). The predicted octanol–water partition coefficient (Wildman–Crippen LogP) is 3.14. The second-order valence-corrected chi connectivity index (χ2v) is 7.12. The molecule has 2 N–H and O–H groups in total. The van der Waals surface area contributed by atoms with Gasteiger partial charge in [-0.3, -0.25) is 4.79 Å². The van der Waals surface area contributed by atoms with E-state index in [-0.39, 0.29) is 5.91 Å². The van der Waals surface area contributed by atoms with Crippen LogP contribution < -0.4 is 10.6 Å². The first-order valence-corrected chi connectivity index (χ1v) is 9.90. The van der Waals surface area contributed by atoms with Gasteiger partial charge in [-0.05, 0) is 44.0 Å². The van der Waals surface area contributed by atoms with Crippen molar-refractivity contribution in [2.24, 2.45) is 0 Å².